The van der Waals surface area contributed by atoms with Crippen molar-refractivity contribution in [2.45, 2.75) is 0 Å². The molecule has 20 heavy (non-hydrogen) atoms. The van der Waals surface area contributed by atoms with Crippen LogP contribution in [-0.2, 0) is 9.59 Å². The number of aliphatic hydroxyl groups is 1. The van der Waals surface area contributed by atoms with Crippen LogP contribution in [0.25, 0.3) is 0 Å². The van der Waals surface area contributed by atoms with Gasteiger partial charge in [0.15, 0.2) is 0 Å². The van der Waals surface area contributed by atoms with Crippen molar-refractivity contribution in [1.29, 1.82) is 0 Å². The molecule has 5 nitrogen and oxygen atoms in total. The van der Waals surface area contributed by atoms with Crippen LogP contribution in [0.4, 0.5) is 5.69 Å². The van der Waals surface area contributed by atoms with Crippen LogP contribution >= 0.6 is 34.8 Å². The highest BCUT2D eigenvalue weighted by molar-refractivity contribution is 6.44. The van der Waals surface area contributed by atoms with E-state index in [-0.39, 0.29) is 33.9 Å². The fraction of sp³-hybridized carbons (Fsp3) is 0.167. The van der Waals surface area contributed by atoms with Crippen molar-refractivity contribution in [3.05, 3.63) is 39.0 Å². The molecular formula is C12H9Cl3N2O3. The number of amides is 2. The molecule has 2 rings (SSSR count). The Bertz CT molecular complexity index is 616. The maximum Gasteiger partial charge on any atom is 0.277 e. The number of carbonyl (C=O) groups excluding carboxylic acids is 2. The van der Waals surface area contributed by atoms with Gasteiger partial charge < -0.3 is 10.4 Å². The van der Waals surface area contributed by atoms with Crippen LogP contribution in [0, 0.1) is 0 Å². The predicted octanol–water partition coefficient (Wildman–Crippen LogP) is 2.30. The zero-order valence-corrected chi connectivity index (χ0v) is 12.3. The number of anilines is 1. The van der Waals surface area contributed by atoms with E-state index in [2.05, 4.69) is 5.32 Å². The lowest BCUT2D eigenvalue weighted by molar-refractivity contribution is -0.137. The first-order valence-electron chi connectivity index (χ1n) is 5.54. The van der Waals surface area contributed by atoms with Crippen LogP contribution in [-0.4, -0.2) is 35.0 Å². The van der Waals surface area contributed by atoms with E-state index in [1.54, 1.807) is 0 Å². The minimum atomic E-state index is -0.536. The average molecular weight is 336 g/mol. The molecule has 0 saturated heterocycles. The van der Waals surface area contributed by atoms with Crippen molar-refractivity contribution in [2.75, 3.05) is 18.5 Å². The number of nitrogens with zero attached hydrogens (tertiary/aromatic N) is 1. The molecule has 0 atom stereocenters. The van der Waals surface area contributed by atoms with Crippen molar-refractivity contribution in [3.63, 3.8) is 0 Å². The zero-order chi connectivity index (χ0) is 14.9. The van der Waals surface area contributed by atoms with Crippen molar-refractivity contribution < 1.29 is 14.7 Å². The van der Waals surface area contributed by atoms with E-state index in [9.17, 15) is 9.59 Å². The maximum atomic E-state index is 11.9. The van der Waals surface area contributed by atoms with Crippen LogP contribution in [0.1, 0.15) is 0 Å². The largest absolute Gasteiger partial charge is 0.395 e. The smallest absolute Gasteiger partial charge is 0.277 e. The van der Waals surface area contributed by atoms with Gasteiger partial charge in [-0.1, -0.05) is 34.8 Å². The number of halogens is 3. The molecule has 0 spiro atoms. The summed E-state index contributed by atoms with van der Waals surface area (Å²) < 4.78 is 0. The molecule has 0 fully saturated rings. The molecule has 0 aromatic heterocycles. The van der Waals surface area contributed by atoms with Gasteiger partial charge in [-0.2, -0.15) is 0 Å². The Morgan fingerprint density at radius 2 is 1.75 bits per heavy atom. The van der Waals surface area contributed by atoms with Crippen molar-refractivity contribution >= 4 is 52.3 Å². The molecule has 2 amide bonds. The number of imide groups is 1. The monoisotopic (exact) mass is 334 g/mol. The van der Waals surface area contributed by atoms with E-state index in [0.717, 1.165) is 11.0 Å². The van der Waals surface area contributed by atoms with Gasteiger partial charge in [0.05, 0.1) is 33.9 Å². The molecule has 8 heteroatoms. The summed E-state index contributed by atoms with van der Waals surface area (Å²) in [5.41, 5.74) is 0.419. The second kappa shape index (κ2) is 6.01. The van der Waals surface area contributed by atoms with Gasteiger partial charge in [-0.25, -0.2) is 0 Å². The predicted molar refractivity (Wildman–Crippen MR) is 77.0 cm³/mol. The Morgan fingerprint density at radius 1 is 1.10 bits per heavy atom. The highest BCUT2D eigenvalue weighted by atomic mass is 35.5. The molecule has 2 N–H and O–H groups in total. The van der Waals surface area contributed by atoms with Gasteiger partial charge in [0.25, 0.3) is 11.8 Å². The maximum absolute atomic E-state index is 11.9. The summed E-state index contributed by atoms with van der Waals surface area (Å²) in [6, 6.07) is 2.89. The van der Waals surface area contributed by atoms with Crippen LogP contribution in [0.15, 0.2) is 23.9 Å². The van der Waals surface area contributed by atoms with Crippen molar-refractivity contribution in [2.24, 2.45) is 0 Å². The second-order valence-electron chi connectivity index (χ2n) is 3.95. The van der Waals surface area contributed by atoms with Crippen molar-refractivity contribution in [3.8, 4) is 0 Å². The van der Waals surface area contributed by atoms with Crippen LogP contribution < -0.4 is 5.32 Å². The molecule has 0 aliphatic carbocycles. The molecule has 0 saturated carbocycles. The molecule has 1 heterocycles. The van der Waals surface area contributed by atoms with E-state index in [4.69, 9.17) is 39.9 Å². The summed E-state index contributed by atoms with van der Waals surface area (Å²) in [5.74, 6) is -1.03. The highest BCUT2D eigenvalue weighted by Gasteiger charge is 2.30. The first kappa shape index (κ1) is 15.1. The normalized spacial score (nSPS) is 14.8. The van der Waals surface area contributed by atoms with Gasteiger partial charge in [0.1, 0.15) is 5.70 Å². The number of hydrogen-bond acceptors (Lipinski definition) is 4. The number of rotatable bonds is 4. The number of hydrogen-bond donors (Lipinski definition) is 2. The Morgan fingerprint density at radius 3 is 2.40 bits per heavy atom. The molecule has 1 aliphatic heterocycles. The summed E-state index contributed by atoms with van der Waals surface area (Å²) in [4.78, 5) is 24.4. The van der Waals surface area contributed by atoms with Crippen LogP contribution in [0.3, 0.4) is 0 Å². The van der Waals surface area contributed by atoms with Crippen molar-refractivity contribution in [1.82, 2.24) is 4.90 Å². The van der Waals surface area contributed by atoms with Crippen LogP contribution in [0.2, 0.25) is 15.1 Å². The van der Waals surface area contributed by atoms with Gasteiger partial charge in [-0.15, -0.1) is 0 Å². The van der Waals surface area contributed by atoms with E-state index in [1.165, 1.54) is 12.1 Å². The molecular weight excluding hydrogens is 327 g/mol. The Balaban J connectivity index is 2.23. The molecule has 106 valence electrons. The number of carbonyl (C=O) groups is 2. The first-order valence-corrected chi connectivity index (χ1v) is 6.67. The third kappa shape index (κ3) is 2.91. The molecule has 1 aliphatic rings. The first-order chi connectivity index (χ1) is 9.43. The Hall–Kier alpha value is -1.27. The number of nitrogens with one attached hydrogen (secondary N) is 1. The lowest BCUT2D eigenvalue weighted by Gasteiger charge is -2.14. The zero-order valence-electron chi connectivity index (χ0n) is 9.99. The number of benzene rings is 1. The summed E-state index contributed by atoms with van der Waals surface area (Å²) in [6.07, 6.45) is 1.14. The molecule has 0 radical (unpaired) electrons. The third-order valence-electron chi connectivity index (χ3n) is 2.61. The van der Waals surface area contributed by atoms with E-state index in [1.807, 2.05) is 0 Å². The Labute approximate surface area is 129 Å². The minimum Gasteiger partial charge on any atom is -0.395 e. The van der Waals surface area contributed by atoms with E-state index in [0.29, 0.717) is 5.69 Å². The average Bonchev–Trinajstić information content (AvgIpc) is 2.64. The third-order valence-corrected chi connectivity index (χ3v) is 3.65. The number of aliphatic hydroxyl groups excluding tert-OH is 1. The SMILES string of the molecule is O=C1C=C(Nc2cc(Cl)c(Cl)cc2Cl)C(=O)N1CCO. The molecule has 1 aromatic rings. The summed E-state index contributed by atoms with van der Waals surface area (Å²) in [7, 11) is 0. The van der Waals surface area contributed by atoms with Gasteiger partial charge >= 0.3 is 0 Å². The van der Waals surface area contributed by atoms with Crippen LogP contribution in [0.5, 0.6) is 0 Å². The van der Waals surface area contributed by atoms with E-state index < -0.39 is 11.8 Å². The molecule has 1 aromatic carbocycles. The Kier molecular flexibility index (Phi) is 4.55. The minimum absolute atomic E-state index is 0.0590. The topological polar surface area (TPSA) is 69.6 Å². The lowest BCUT2D eigenvalue weighted by atomic mass is 10.3. The van der Waals surface area contributed by atoms with E-state index >= 15 is 0 Å². The fourth-order valence-corrected chi connectivity index (χ4v) is 2.27. The highest BCUT2D eigenvalue weighted by Crippen LogP contribution is 2.33. The second-order valence-corrected chi connectivity index (χ2v) is 5.17. The quantitative estimate of drug-likeness (QED) is 0.654. The number of β-amino-alcohol motifs (C(OH)–C–C–N with tert-alkyl or cyclic N) is 1. The summed E-state index contributed by atoms with van der Waals surface area (Å²) in [6.45, 7) is -0.361. The summed E-state index contributed by atoms with van der Waals surface area (Å²) >= 11 is 17.7. The summed E-state index contributed by atoms with van der Waals surface area (Å²) in [5, 5.41) is 12.4. The molecule has 0 unspecified atom stereocenters. The van der Waals surface area contributed by atoms with Gasteiger partial charge in [0, 0.05) is 6.08 Å². The molecule has 0 bridgehead atoms. The fourth-order valence-electron chi connectivity index (χ4n) is 1.67. The van der Waals surface area contributed by atoms with Gasteiger partial charge in [-0.3, -0.25) is 14.5 Å². The standard InChI is InChI=1S/C12H9Cl3N2O3/c13-6-3-8(15)9(4-7(6)14)16-10-5-11(19)17(1-2-18)12(10)20/h3-5,16,18H,1-2H2. The lowest BCUT2D eigenvalue weighted by Crippen LogP contribution is -2.34. The van der Waals surface area contributed by atoms with Gasteiger partial charge in [-0.05, 0) is 12.1 Å². The van der Waals surface area contributed by atoms with Gasteiger partial charge in [0.2, 0.25) is 0 Å².